The van der Waals surface area contributed by atoms with Crippen molar-refractivity contribution in [3.05, 3.63) is 24.3 Å². The lowest BCUT2D eigenvalue weighted by Crippen LogP contribution is -2.44. The summed E-state index contributed by atoms with van der Waals surface area (Å²) in [6, 6.07) is 8.24. The Morgan fingerprint density at radius 2 is 2.00 bits per heavy atom. The molecule has 70 valence electrons. The van der Waals surface area contributed by atoms with Gasteiger partial charge in [-0.25, -0.2) is 0 Å². The van der Waals surface area contributed by atoms with Gasteiger partial charge in [0.15, 0.2) is 0 Å². The third-order valence-electron chi connectivity index (χ3n) is 2.11. The molecule has 0 bridgehead atoms. The van der Waals surface area contributed by atoms with E-state index in [0.29, 0.717) is 0 Å². The fraction of sp³-hybridized carbons (Fsp3) is 0.400. The second-order valence-electron chi connectivity index (χ2n) is 3.07. The number of methoxy groups -OCH3 is 1. The Morgan fingerprint density at radius 3 is 2.46 bits per heavy atom. The second kappa shape index (κ2) is 4.03. The summed E-state index contributed by atoms with van der Waals surface area (Å²) in [7, 11) is 1.69. The minimum atomic E-state index is 0.758. The second-order valence-corrected chi connectivity index (χ2v) is 4.45. The molecule has 3 heteroatoms. The van der Waals surface area contributed by atoms with E-state index < -0.39 is 0 Å². The molecule has 1 aliphatic heterocycles. The van der Waals surface area contributed by atoms with E-state index in [1.165, 1.54) is 4.90 Å². The van der Waals surface area contributed by atoms with E-state index in [-0.39, 0.29) is 0 Å². The summed E-state index contributed by atoms with van der Waals surface area (Å²) >= 11 is 1.93. The van der Waals surface area contributed by atoms with Gasteiger partial charge in [-0.3, -0.25) is 0 Å². The van der Waals surface area contributed by atoms with Crippen LogP contribution in [-0.4, -0.2) is 25.4 Å². The van der Waals surface area contributed by atoms with Gasteiger partial charge in [-0.1, -0.05) is 0 Å². The zero-order chi connectivity index (χ0) is 9.10. The Labute approximate surface area is 82.7 Å². The Bertz CT molecular complexity index is 269. The number of hydrogen-bond acceptors (Lipinski definition) is 3. The van der Waals surface area contributed by atoms with E-state index in [1.807, 2.05) is 23.9 Å². The zero-order valence-corrected chi connectivity index (χ0v) is 8.43. The van der Waals surface area contributed by atoms with Crippen molar-refractivity contribution >= 4 is 11.8 Å². The average Bonchev–Trinajstić information content (AvgIpc) is 2.12. The summed E-state index contributed by atoms with van der Waals surface area (Å²) in [5.74, 6) is 0.927. The molecule has 1 aromatic carbocycles. The van der Waals surface area contributed by atoms with Crippen molar-refractivity contribution in [2.75, 3.05) is 20.2 Å². The van der Waals surface area contributed by atoms with Crippen LogP contribution in [0.25, 0.3) is 0 Å². The lowest BCUT2D eigenvalue weighted by Gasteiger charge is -2.26. The van der Waals surface area contributed by atoms with Crippen molar-refractivity contribution in [3.8, 4) is 5.75 Å². The largest absolute Gasteiger partial charge is 0.497 e. The molecule has 1 heterocycles. The summed E-state index contributed by atoms with van der Waals surface area (Å²) in [6.07, 6.45) is 0. The van der Waals surface area contributed by atoms with Crippen LogP contribution >= 0.6 is 11.8 Å². The van der Waals surface area contributed by atoms with E-state index >= 15 is 0 Å². The monoisotopic (exact) mass is 195 g/mol. The highest BCUT2D eigenvalue weighted by molar-refractivity contribution is 8.00. The molecule has 1 N–H and O–H groups in total. The maximum atomic E-state index is 5.09. The van der Waals surface area contributed by atoms with Crippen LogP contribution in [0, 0.1) is 0 Å². The Kier molecular flexibility index (Phi) is 2.76. The van der Waals surface area contributed by atoms with Crippen LogP contribution in [0.15, 0.2) is 29.2 Å². The summed E-state index contributed by atoms with van der Waals surface area (Å²) in [5, 5.41) is 4.02. The number of hydrogen-bond donors (Lipinski definition) is 1. The van der Waals surface area contributed by atoms with E-state index in [9.17, 15) is 0 Å². The van der Waals surface area contributed by atoms with E-state index in [1.54, 1.807) is 7.11 Å². The lowest BCUT2D eigenvalue weighted by molar-refractivity contribution is 0.414. The first-order valence-corrected chi connectivity index (χ1v) is 5.28. The highest BCUT2D eigenvalue weighted by Gasteiger charge is 2.17. The molecule has 1 fully saturated rings. The molecule has 1 saturated heterocycles. The Balaban J connectivity index is 1.96. The number of thioether (sulfide) groups is 1. The molecule has 0 radical (unpaired) electrons. The highest BCUT2D eigenvalue weighted by Crippen LogP contribution is 2.26. The molecule has 2 rings (SSSR count). The standard InChI is InChI=1S/C10H13NOS/c1-12-8-2-4-9(5-3-8)13-10-6-11-7-10/h2-5,10-11H,6-7H2,1H3. The molecule has 0 aliphatic carbocycles. The molecule has 2 nitrogen and oxygen atoms in total. The van der Waals surface area contributed by atoms with Crippen LogP contribution in [0.1, 0.15) is 0 Å². The van der Waals surface area contributed by atoms with Crippen LogP contribution in [-0.2, 0) is 0 Å². The van der Waals surface area contributed by atoms with Gasteiger partial charge < -0.3 is 10.1 Å². The van der Waals surface area contributed by atoms with Crippen LogP contribution in [0.5, 0.6) is 5.75 Å². The van der Waals surface area contributed by atoms with Gasteiger partial charge in [0, 0.05) is 23.2 Å². The molecule has 0 unspecified atom stereocenters. The van der Waals surface area contributed by atoms with E-state index in [2.05, 4.69) is 17.4 Å². The van der Waals surface area contributed by atoms with Gasteiger partial charge in [0.05, 0.1) is 7.11 Å². The molecular weight excluding hydrogens is 182 g/mol. The zero-order valence-electron chi connectivity index (χ0n) is 7.62. The molecule has 0 atom stereocenters. The van der Waals surface area contributed by atoms with Crippen LogP contribution in [0.2, 0.25) is 0 Å². The smallest absolute Gasteiger partial charge is 0.118 e. The average molecular weight is 195 g/mol. The first-order chi connectivity index (χ1) is 6.38. The van der Waals surface area contributed by atoms with Gasteiger partial charge in [0.1, 0.15) is 5.75 Å². The van der Waals surface area contributed by atoms with Gasteiger partial charge in [-0.05, 0) is 24.3 Å². The molecule has 0 spiro atoms. The topological polar surface area (TPSA) is 21.3 Å². The predicted octanol–water partition coefficient (Wildman–Crippen LogP) is 1.76. The molecule has 1 aromatic rings. The Morgan fingerprint density at radius 1 is 1.31 bits per heavy atom. The van der Waals surface area contributed by atoms with Gasteiger partial charge in [-0.15, -0.1) is 11.8 Å². The number of ether oxygens (including phenoxy) is 1. The van der Waals surface area contributed by atoms with Crippen molar-refractivity contribution in [1.29, 1.82) is 0 Å². The molecular formula is C10H13NOS. The quantitative estimate of drug-likeness (QED) is 0.794. The van der Waals surface area contributed by atoms with Gasteiger partial charge in [0.2, 0.25) is 0 Å². The minimum absolute atomic E-state index is 0.758. The fourth-order valence-corrected chi connectivity index (χ4v) is 2.27. The number of rotatable bonds is 3. The Hall–Kier alpha value is -0.670. The maximum absolute atomic E-state index is 5.09. The predicted molar refractivity (Wildman–Crippen MR) is 55.5 cm³/mol. The minimum Gasteiger partial charge on any atom is -0.497 e. The van der Waals surface area contributed by atoms with E-state index in [0.717, 1.165) is 24.1 Å². The first-order valence-electron chi connectivity index (χ1n) is 4.40. The molecule has 1 aliphatic rings. The van der Waals surface area contributed by atoms with Crippen LogP contribution in [0.3, 0.4) is 0 Å². The molecule has 0 saturated carbocycles. The van der Waals surface area contributed by atoms with Crippen molar-refractivity contribution < 1.29 is 4.74 Å². The van der Waals surface area contributed by atoms with Crippen LogP contribution in [0.4, 0.5) is 0 Å². The number of benzene rings is 1. The lowest BCUT2D eigenvalue weighted by atomic mass is 10.3. The van der Waals surface area contributed by atoms with Crippen molar-refractivity contribution in [2.45, 2.75) is 10.1 Å². The normalized spacial score (nSPS) is 16.7. The maximum Gasteiger partial charge on any atom is 0.118 e. The third-order valence-corrected chi connectivity index (χ3v) is 3.32. The van der Waals surface area contributed by atoms with Crippen molar-refractivity contribution in [2.24, 2.45) is 0 Å². The summed E-state index contributed by atoms with van der Waals surface area (Å²) < 4.78 is 5.09. The fourth-order valence-electron chi connectivity index (χ4n) is 1.19. The molecule has 0 amide bonds. The first kappa shape index (κ1) is 8.91. The molecule has 13 heavy (non-hydrogen) atoms. The summed E-state index contributed by atoms with van der Waals surface area (Å²) in [6.45, 7) is 2.27. The highest BCUT2D eigenvalue weighted by atomic mass is 32.2. The van der Waals surface area contributed by atoms with Gasteiger partial charge >= 0.3 is 0 Å². The molecule has 0 aromatic heterocycles. The third kappa shape index (κ3) is 2.17. The van der Waals surface area contributed by atoms with E-state index in [4.69, 9.17) is 4.74 Å². The van der Waals surface area contributed by atoms with Gasteiger partial charge in [0.25, 0.3) is 0 Å². The SMILES string of the molecule is COc1ccc(SC2CNC2)cc1. The van der Waals surface area contributed by atoms with Crippen LogP contribution < -0.4 is 10.1 Å². The van der Waals surface area contributed by atoms with Crippen molar-refractivity contribution in [1.82, 2.24) is 5.32 Å². The summed E-state index contributed by atoms with van der Waals surface area (Å²) in [4.78, 5) is 1.33. The van der Waals surface area contributed by atoms with Crippen molar-refractivity contribution in [3.63, 3.8) is 0 Å². The summed E-state index contributed by atoms with van der Waals surface area (Å²) in [5.41, 5.74) is 0. The van der Waals surface area contributed by atoms with Gasteiger partial charge in [-0.2, -0.15) is 0 Å². The number of nitrogens with one attached hydrogen (secondary N) is 1.